The third-order valence-corrected chi connectivity index (χ3v) is 9.58. The van der Waals surface area contributed by atoms with Crippen LogP contribution in [0.2, 0.25) is 0 Å². The molecular weight excluding hydrogens is 687 g/mol. The number of hydrogen-bond donors (Lipinski definition) is 8. The first-order valence-electron chi connectivity index (χ1n) is 15.4. The Morgan fingerprint density at radius 1 is 1.08 bits per heavy atom. The Morgan fingerprint density at radius 2 is 1.76 bits per heavy atom. The highest BCUT2D eigenvalue weighted by Crippen LogP contribution is 2.53. The van der Waals surface area contributed by atoms with Crippen LogP contribution >= 0.6 is 7.67 Å². The fraction of sp³-hybridized carbons (Fsp3) is 0.607. The number of rotatable bonds is 22. The number of carboxylic acids is 1. The van der Waals surface area contributed by atoms with E-state index in [-0.39, 0.29) is 12.8 Å². The highest BCUT2D eigenvalue weighted by Gasteiger charge is 2.46. The lowest BCUT2D eigenvalue weighted by Crippen LogP contribution is -2.53. The van der Waals surface area contributed by atoms with Crippen molar-refractivity contribution in [2.24, 2.45) is 5.73 Å². The van der Waals surface area contributed by atoms with Gasteiger partial charge in [-0.25, -0.2) is 28.5 Å². The minimum absolute atomic E-state index is 0.0854. The predicted octanol–water partition coefficient (Wildman–Crippen LogP) is -2.12. The average Bonchev–Trinajstić information content (AvgIpc) is 3.67. The van der Waals surface area contributed by atoms with Gasteiger partial charge in [-0.05, 0) is 54.0 Å². The van der Waals surface area contributed by atoms with E-state index in [1.807, 2.05) is 0 Å². The molecular formula is C28H45N8O13P. The fourth-order valence-electron chi connectivity index (χ4n) is 4.44. The van der Waals surface area contributed by atoms with Gasteiger partial charge in [0.15, 0.2) is 11.9 Å². The Hall–Kier alpha value is -4.56. The topological polar surface area (TPSA) is 305 Å². The summed E-state index contributed by atoms with van der Waals surface area (Å²) < 4.78 is 30.9. The molecule has 0 saturated heterocycles. The Labute approximate surface area is 287 Å². The van der Waals surface area contributed by atoms with Gasteiger partial charge in [0.25, 0.3) is 5.76 Å². The summed E-state index contributed by atoms with van der Waals surface area (Å²) in [7, 11) is 1.87. The third kappa shape index (κ3) is 12.1. The van der Waals surface area contributed by atoms with E-state index in [1.165, 1.54) is 50.1 Å². The summed E-state index contributed by atoms with van der Waals surface area (Å²) in [6, 6.07) is -2.46. The molecule has 2 rings (SSSR count). The number of imidazole rings is 1. The summed E-state index contributed by atoms with van der Waals surface area (Å²) in [5.41, 5.74) is 5.99. The number of esters is 2. The first-order chi connectivity index (χ1) is 23.5. The van der Waals surface area contributed by atoms with Crippen molar-refractivity contribution in [3.05, 3.63) is 29.7 Å². The molecule has 0 saturated carbocycles. The van der Waals surface area contributed by atoms with E-state index >= 15 is 0 Å². The SMILES string of the molecule is CN(C)P(=O)(OC1=C(O)C(C(CO)OC(=O)CCC(=O)NCC(=O)NC(CCCCN)C(=O)NC(Cc2cnc[nH]2)C(=O)O)OC1=O)N(C)C. The van der Waals surface area contributed by atoms with Crippen LogP contribution in [-0.2, 0) is 53.8 Å². The maximum absolute atomic E-state index is 13.1. The fourth-order valence-corrected chi connectivity index (χ4v) is 5.88. The number of aliphatic carboxylic acids is 1. The number of aromatic amines is 1. The molecule has 9 N–H and O–H groups in total. The summed E-state index contributed by atoms with van der Waals surface area (Å²) >= 11 is 0. The third-order valence-electron chi connectivity index (χ3n) is 7.14. The Kier molecular flexibility index (Phi) is 16.3. The summed E-state index contributed by atoms with van der Waals surface area (Å²) in [5.74, 6) is -7.49. The van der Waals surface area contributed by atoms with Crippen LogP contribution in [0.25, 0.3) is 0 Å². The van der Waals surface area contributed by atoms with Crippen LogP contribution < -0.4 is 21.7 Å². The molecule has 21 nitrogen and oxygen atoms in total. The van der Waals surface area contributed by atoms with Gasteiger partial charge in [0.05, 0.1) is 25.9 Å². The summed E-state index contributed by atoms with van der Waals surface area (Å²) in [4.78, 5) is 81.0. The molecule has 1 aromatic rings. The number of aliphatic hydroxyl groups excluding tert-OH is 2. The molecule has 0 aliphatic carbocycles. The number of nitrogens with zero attached hydrogens (tertiary/aromatic N) is 3. The van der Waals surface area contributed by atoms with Gasteiger partial charge in [-0.1, -0.05) is 0 Å². The monoisotopic (exact) mass is 732 g/mol. The van der Waals surface area contributed by atoms with Crippen LogP contribution in [0, 0.1) is 0 Å². The molecule has 1 aromatic heterocycles. The van der Waals surface area contributed by atoms with Gasteiger partial charge < -0.3 is 56.0 Å². The highest BCUT2D eigenvalue weighted by atomic mass is 31.2. The summed E-state index contributed by atoms with van der Waals surface area (Å²) in [5, 5.41) is 37.0. The molecule has 0 bridgehead atoms. The lowest BCUT2D eigenvalue weighted by atomic mass is 10.1. The molecule has 50 heavy (non-hydrogen) atoms. The van der Waals surface area contributed by atoms with E-state index < -0.39 is 105 Å². The van der Waals surface area contributed by atoms with E-state index in [1.54, 1.807) is 0 Å². The van der Waals surface area contributed by atoms with Crippen LogP contribution in [-0.4, -0.2) is 142 Å². The molecule has 1 aliphatic heterocycles. The van der Waals surface area contributed by atoms with Crippen molar-refractivity contribution in [1.82, 2.24) is 35.3 Å². The number of hydrogen-bond acceptors (Lipinski definition) is 14. The van der Waals surface area contributed by atoms with Gasteiger partial charge in [0.2, 0.25) is 23.8 Å². The molecule has 3 amide bonds. The number of unbranched alkanes of at least 4 members (excludes halogenated alkanes) is 1. The maximum atomic E-state index is 13.1. The van der Waals surface area contributed by atoms with Crippen LogP contribution in [0.15, 0.2) is 24.0 Å². The molecule has 0 aromatic carbocycles. The predicted molar refractivity (Wildman–Crippen MR) is 172 cm³/mol. The van der Waals surface area contributed by atoms with Crippen molar-refractivity contribution in [3.63, 3.8) is 0 Å². The Bertz CT molecular complexity index is 1420. The Morgan fingerprint density at radius 3 is 2.32 bits per heavy atom. The van der Waals surface area contributed by atoms with E-state index in [9.17, 15) is 48.7 Å². The van der Waals surface area contributed by atoms with Crippen LogP contribution in [0.4, 0.5) is 0 Å². The maximum Gasteiger partial charge on any atom is 0.395 e. The summed E-state index contributed by atoms with van der Waals surface area (Å²) in [6.07, 6.45) is -0.537. The smallest absolute Gasteiger partial charge is 0.395 e. The first-order valence-corrected chi connectivity index (χ1v) is 16.9. The molecule has 4 unspecified atom stereocenters. The molecule has 280 valence electrons. The average molecular weight is 733 g/mol. The molecule has 4 atom stereocenters. The minimum Gasteiger partial charge on any atom is -0.505 e. The van der Waals surface area contributed by atoms with Gasteiger partial charge in [-0.2, -0.15) is 0 Å². The van der Waals surface area contributed by atoms with E-state index in [2.05, 4.69) is 25.9 Å². The van der Waals surface area contributed by atoms with Crippen LogP contribution in [0.5, 0.6) is 0 Å². The minimum atomic E-state index is -3.80. The number of cyclic esters (lactones) is 1. The standard InChI is InChI=1S/C28H45N8O13P/c1-35(2)50(46,36(3)4)49-25-23(41)24(48-28(25)45)19(14-37)47-22(40)9-8-20(38)31-13-21(39)33-17(7-5-6-10-29)26(42)34-18(27(43)44)11-16-12-30-15-32-16/h12,15,17-19,24,37,41H,5-11,13-14,29H2,1-4H3,(H,30,32)(H,31,38)(H,33,39)(H,34,42)(H,43,44). The molecule has 0 fully saturated rings. The Balaban J connectivity index is 1.91. The largest absolute Gasteiger partial charge is 0.505 e. The second-order valence-corrected chi connectivity index (χ2v) is 14.2. The highest BCUT2D eigenvalue weighted by molar-refractivity contribution is 7.54. The van der Waals surface area contributed by atoms with Gasteiger partial charge >= 0.3 is 25.6 Å². The van der Waals surface area contributed by atoms with E-state index in [0.29, 0.717) is 25.1 Å². The van der Waals surface area contributed by atoms with Crippen molar-refractivity contribution < 1.29 is 62.6 Å². The molecule has 1 aliphatic rings. The lowest BCUT2D eigenvalue weighted by Gasteiger charge is -2.29. The van der Waals surface area contributed by atoms with E-state index in [4.69, 9.17) is 19.7 Å². The quantitative estimate of drug-likeness (QED) is 0.0359. The molecule has 22 heteroatoms. The van der Waals surface area contributed by atoms with Gasteiger partial charge in [0.1, 0.15) is 12.1 Å². The number of aromatic nitrogens is 2. The van der Waals surface area contributed by atoms with Crippen LogP contribution in [0.1, 0.15) is 37.8 Å². The number of ether oxygens (including phenoxy) is 2. The first kappa shape index (κ1) is 41.6. The second kappa shape index (κ2) is 19.6. The number of carbonyl (C=O) groups excluding carboxylic acids is 5. The van der Waals surface area contributed by atoms with Gasteiger partial charge in [0, 0.05) is 24.7 Å². The van der Waals surface area contributed by atoms with Gasteiger partial charge in [-0.3, -0.25) is 19.2 Å². The zero-order chi connectivity index (χ0) is 37.6. The van der Waals surface area contributed by atoms with Crippen molar-refractivity contribution in [2.75, 3.05) is 47.9 Å². The number of nitrogens with two attached hydrogens (primary N) is 1. The van der Waals surface area contributed by atoms with Crippen LogP contribution in [0.3, 0.4) is 0 Å². The molecule has 0 spiro atoms. The molecule has 0 radical (unpaired) electrons. The normalized spacial score (nSPS) is 16.4. The van der Waals surface area contributed by atoms with Crippen molar-refractivity contribution in [1.29, 1.82) is 0 Å². The number of nitrogens with one attached hydrogen (secondary N) is 4. The van der Waals surface area contributed by atoms with Crippen molar-refractivity contribution >= 4 is 43.3 Å². The number of H-pyrrole nitrogens is 1. The summed E-state index contributed by atoms with van der Waals surface area (Å²) in [6.45, 7) is -1.18. The van der Waals surface area contributed by atoms with Crippen molar-refractivity contribution in [3.8, 4) is 0 Å². The zero-order valence-electron chi connectivity index (χ0n) is 28.1. The van der Waals surface area contributed by atoms with Crippen molar-refractivity contribution in [2.45, 2.75) is 62.8 Å². The number of carboxylic acid groups (broad SMARTS) is 1. The second-order valence-electron chi connectivity index (χ2n) is 11.4. The number of amides is 3. The van der Waals surface area contributed by atoms with E-state index in [0.717, 1.165) is 0 Å². The number of aliphatic hydroxyl groups is 2. The lowest BCUT2D eigenvalue weighted by molar-refractivity contribution is -0.165. The van der Waals surface area contributed by atoms with Gasteiger partial charge in [-0.15, -0.1) is 0 Å². The number of carbonyl (C=O) groups is 6. The molecule has 2 heterocycles. The zero-order valence-corrected chi connectivity index (χ0v) is 29.0.